The summed E-state index contributed by atoms with van der Waals surface area (Å²) in [6.07, 6.45) is -0.479. The molecule has 0 radical (unpaired) electrons. The monoisotopic (exact) mass is 267 g/mol. The summed E-state index contributed by atoms with van der Waals surface area (Å²) in [6.45, 7) is 2.56. The minimum Gasteiger partial charge on any atom is -0.444 e. The second-order valence-electron chi connectivity index (χ2n) is 5.30. The van der Waals surface area contributed by atoms with E-state index in [4.69, 9.17) is 9.47 Å². The van der Waals surface area contributed by atoms with Crippen molar-refractivity contribution < 1.29 is 27.8 Å². The van der Waals surface area contributed by atoms with Crippen molar-refractivity contribution in [1.29, 1.82) is 0 Å². The summed E-state index contributed by atoms with van der Waals surface area (Å²) in [7, 11) is 1.40. The van der Waals surface area contributed by atoms with E-state index in [0.29, 0.717) is 0 Å². The lowest BCUT2D eigenvalue weighted by atomic mass is 9.95. The smallest absolute Gasteiger partial charge is 0.410 e. The highest BCUT2D eigenvalue weighted by Gasteiger charge is 2.47. The van der Waals surface area contributed by atoms with Gasteiger partial charge in [-0.15, -0.1) is 0 Å². The molecule has 1 amide bonds. The fourth-order valence-electron chi connectivity index (χ4n) is 1.60. The number of ether oxygens (including phenoxy) is 3. The van der Waals surface area contributed by atoms with Gasteiger partial charge in [0.1, 0.15) is 11.2 Å². The van der Waals surface area contributed by atoms with Crippen LogP contribution in [0.25, 0.3) is 0 Å². The van der Waals surface area contributed by atoms with Crippen LogP contribution in [-0.4, -0.2) is 55.6 Å². The fraction of sp³-hybridized carbons (Fsp3) is 0.909. The largest absolute Gasteiger partial charge is 0.444 e. The molecule has 0 saturated carbocycles. The van der Waals surface area contributed by atoms with Gasteiger partial charge in [0.2, 0.25) is 0 Å². The number of amides is 1. The standard InChI is InChI=1S/C11H19F2NO4/c1-10(2,3)18-9(15)14-5-11(6-14,16-4)7-17-8(12)13/h8H,5-7H2,1-4H3. The molecule has 1 heterocycles. The summed E-state index contributed by atoms with van der Waals surface area (Å²) < 4.78 is 38.4. The number of methoxy groups -OCH3 is 1. The molecule has 5 nitrogen and oxygen atoms in total. The average Bonchev–Trinajstić information content (AvgIpc) is 2.13. The van der Waals surface area contributed by atoms with Gasteiger partial charge in [0.15, 0.2) is 0 Å². The van der Waals surface area contributed by atoms with Gasteiger partial charge >= 0.3 is 12.7 Å². The molecule has 0 aromatic carbocycles. The number of halogens is 2. The summed E-state index contributed by atoms with van der Waals surface area (Å²) >= 11 is 0. The zero-order chi connectivity index (χ0) is 14.0. The first-order valence-corrected chi connectivity index (χ1v) is 5.60. The van der Waals surface area contributed by atoms with Crippen LogP contribution >= 0.6 is 0 Å². The normalized spacial score (nSPS) is 18.7. The van der Waals surface area contributed by atoms with Gasteiger partial charge in [0, 0.05) is 7.11 Å². The molecule has 0 bridgehead atoms. The van der Waals surface area contributed by atoms with Crippen LogP contribution in [0.1, 0.15) is 20.8 Å². The highest BCUT2D eigenvalue weighted by Crippen LogP contribution is 2.27. The van der Waals surface area contributed by atoms with Gasteiger partial charge in [0.05, 0.1) is 19.7 Å². The van der Waals surface area contributed by atoms with Crippen LogP contribution in [0, 0.1) is 0 Å². The van der Waals surface area contributed by atoms with E-state index in [-0.39, 0.29) is 19.7 Å². The maximum atomic E-state index is 12.0. The van der Waals surface area contributed by atoms with Crippen molar-refractivity contribution in [2.24, 2.45) is 0 Å². The van der Waals surface area contributed by atoms with Crippen LogP contribution in [0.5, 0.6) is 0 Å². The molecule has 1 fully saturated rings. The molecule has 0 atom stereocenters. The Hall–Kier alpha value is -0.950. The second kappa shape index (κ2) is 5.36. The number of rotatable bonds is 4. The Morgan fingerprint density at radius 3 is 2.33 bits per heavy atom. The molecule has 0 spiro atoms. The molecule has 7 heteroatoms. The molecule has 1 aliphatic heterocycles. The van der Waals surface area contributed by atoms with Gasteiger partial charge in [-0.1, -0.05) is 0 Å². The minimum absolute atomic E-state index is 0.186. The van der Waals surface area contributed by atoms with Crippen LogP contribution in [0.2, 0.25) is 0 Å². The lowest BCUT2D eigenvalue weighted by Crippen LogP contribution is -2.67. The van der Waals surface area contributed by atoms with Crippen molar-refractivity contribution in [3.05, 3.63) is 0 Å². The van der Waals surface area contributed by atoms with Gasteiger partial charge in [-0.2, -0.15) is 8.78 Å². The Balaban J connectivity index is 2.42. The third kappa shape index (κ3) is 4.06. The summed E-state index contributed by atoms with van der Waals surface area (Å²) in [4.78, 5) is 13.0. The molecule has 0 aromatic heterocycles. The molecule has 1 rings (SSSR count). The lowest BCUT2D eigenvalue weighted by molar-refractivity contribution is -0.209. The van der Waals surface area contributed by atoms with E-state index in [1.807, 2.05) is 0 Å². The zero-order valence-corrected chi connectivity index (χ0v) is 11.0. The number of carbonyl (C=O) groups excluding carboxylic acids is 1. The molecule has 0 unspecified atom stereocenters. The second-order valence-corrected chi connectivity index (χ2v) is 5.30. The zero-order valence-electron chi connectivity index (χ0n) is 11.0. The van der Waals surface area contributed by atoms with Gasteiger partial charge in [-0.3, -0.25) is 0 Å². The number of hydrogen-bond acceptors (Lipinski definition) is 4. The Kier molecular flexibility index (Phi) is 4.50. The van der Waals surface area contributed by atoms with E-state index in [2.05, 4.69) is 4.74 Å². The molecule has 18 heavy (non-hydrogen) atoms. The van der Waals surface area contributed by atoms with Crippen LogP contribution < -0.4 is 0 Å². The van der Waals surface area contributed by atoms with Gasteiger partial charge in [-0.25, -0.2) is 4.79 Å². The summed E-state index contributed by atoms with van der Waals surface area (Å²) in [5.41, 5.74) is -1.44. The Bertz CT molecular complexity index is 298. The van der Waals surface area contributed by atoms with E-state index in [9.17, 15) is 13.6 Å². The Morgan fingerprint density at radius 1 is 1.39 bits per heavy atom. The fourth-order valence-corrected chi connectivity index (χ4v) is 1.60. The van der Waals surface area contributed by atoms with E-state index in [0.717, 1.165) is 0 Å². The molecule has 1 aliphatic rings. The van der Waals surface area contributed by atoms with Crippen molar-refractivity contribution >= 4 is 6.09 Å². The van der Waals surface area contributed by atoms with Crippen molar-refractivity contribution in [3.8, 4) is 0 Å². The van der Waals surface area contributed by atoms with Crippen molar-refractivity contribution in [2.45, 2.75) is 38.6 Å². The Labute approximate surface area is 105 Å². The minimum atomic E-state index is -2.84. The molecular weight excluding hydrogens is 248 g/mol. The molecular formula is C11H19F2NO4. The van der Waals surface area contributed by atoms with Crippen molar-refractivity contribution in [1.82, 2.24) is 4.90 Å². The van der Waals surface area contributed by atoms with E-state index in [1.165, 1.54) is 12.0 Å². The summed E-state index contributed by atoms with van der Waals surface area (Å²) in [5.74, 6) is 0. The molecule has 0 aliphatic carbocycles. The van der Waals surface area contributed by atoms with Gasteiger partial charge in [-0.05, 0) is 20.8 Å². The number of likely N-dealkylation sites (tertiary alicyclic amines) is 1. The number of nitrogens with zero attached hydrogens (tertiary/aromatic N) is 1. The number of carbonyl (C=O) groups is 1. The third-order valence-corrected chi connectivity index (χ3v) is 2.52. The van der Waals surface area contributed by atoms with Crippen LogP contribution in [0.15, 0.2) is 0 Å². The van der Waals surface area contributed by atoms with E-state index in [1.54, 1.807) is 20.8 Å². The number of alkyl halides is 2. The van der Waals surface area contributed by atoms with Crippen molar-refractivity contribution in [2.75, 3.05) is 26.8 Å². The van der Waals surface area contributed by atoms with Crippen LogP contribution in [0.3, 0.4) is 0 Å². The SMILES string of the molecule is COC1(COC(F)F)CN(C(=O)OC(C)(C)C)C1. The predicted octanol–water partition coefficient (Wildman–Crippen LogP) is 1.86. The molecule has 0 N–H and O–H groups in total. The third-order valence-electron chi connectivity index (χ3n) is 2.52. The summed E-state index contributed by atoms with van der Waals surface area (Å²) in [6, 6.07) is 0. The van der Waals surface area contributed by atoms with Crippen molar-refractivity contribution in [3.63, 3.8) is 0 Å². The molecule has 1 saturated heterocycles. The first kappa shape index (κ1) is 15.1. The maximum Gasteiger partial charge on any atom is 0.410 e. The van der Waals surface area contributed by atoms with Gasteiger partial charge < -0.3 is 19.1 Å². The predicted molar refractivity (Wildman–Crippen MR) is 59.5 cm³/mol. The van der Waals surface area contributed by atoms with Crippen LogP contribution in [-0.2, 0) is 14.2 Å². The molecule has 106 valence electrons. The van der Waals surface area contributed by atoms with E-state index >= 15 is 0 Å². The first-order valence-electron chi connectivity index (χ1n) is 5.60. The van der Waals surface area contributed by atoms with E-state index < -0.39 is 23.9 Å². The highest BCUT2D eigenvalue weighted by atomic mass is 19.3. The maximum absolute atomic E-state index is 12.0. The summed E-state index contributed by atoms with van der Waals surface area (Å²) in [5, 5.41) is 0. The molecule has 0 aromatic rings. The van der Waals surface area contributed by atoms with Gasteiger partial charge in [0.25, 0.3) is 0 Å². The van der Waals surface area contributed by atoms with Crippen LogP contribution in [0.4, 0.5) is 13.6 Å². The average molecular weight is 267 g/mol. The number of hydrogen-bond donors (Lipinski definition) is 0. The quantitative estimate of drug-likeness (QED) is 0.780. The topological polar surface area (TPSA) is 48.0 Å². The highest BCUT2D eigenvalue weighted by molar-refractivity contribution is 5.69. The lowest BCUT2D eigenvalue weighted by Gasteiger charge is -2.48. The Morgan fingerprint density at radius 2 is 1.94 bits per heavy atom. The first-order chi connectivity index (χ1) is 8.17.